The van der Waals surface area contributed by atoms with E-state index in [-0.39, 0.29) is 5.91 Å². The summed E-state index contributed by atoms with van der Waals surface area (Å²) in [5.41, 5.74) is 6.79. The quantitative estimate of drug-likeness (QED) is 0.323. The van der Waals surface area contributed by atoms with E-state index in [1.807, 2.05) is 94.4 Å². The van der Waals surface area contributed by atoms with Gasteiger partial charge < -0.3 is 16.0 Å². The van der Waals surface area contributed by atoms with Crippen LogP contribution in [-0.4, -0.2) is 15.9 Å². The molecule has 6 nitrogen and oxygen atoms in total. The van der Waals surface area contributed by atoms with Gasteiger partial charge in [-0.2, -0.15) is 4.98 Å². The number of nitrogens with one attached hydrogen (secondary N) is 3. The van der Waals surface area contributed by atoms with Gasteiger partial charge in [0.25, 0.3) is 5.91 Å². The fourth-order valence-electron chi connectivity index (χ4n) is 3.42. The molecular weight excluding hydrogens is 410 g/mol. The average molecular weight is 438 g/mol. The first-order valence-electron chi connectivity index (χ1n) is 10.8. The lowest BCUT2D eigenvalue weighted by molar-refractivity contribution is 0.102. The predicted octanol–water partition coefficient (Wildman–Crippen LogP) is 6.45. The van der Waals surface area contributed by atoms with E-state index < -0.39 is 0 Å². The van der Waals surface area contributed by atoms with Crippen LogP contribution < -0.4 is 16.0 Å². The molecule has 33 heavy (non-hydrogen) atoms. The third-order valence-corrected chi connectivity index (χ3v) is 5.34. The smallest absolute Gasteiger partial charge is 0.256 e. The lowest BCUT2D eigenvalue weighted by atomic mass is 10.1. The van der Waals surface area contributed by atoms with E-state index >= 15 is 0 Å². The van der Waals surface area contributed by atoms with Gasteiger partial charge in [-0.15, -0.1) is 0 Å². The van der Waals surface area contributed by atoms with Crippen molar-refractivity contribution in [1.29, 1.82) is 0 Å². The van der Waals surface area contributed by atoms with Crippen molar-refractivity contribution in [2.75, 3.05) is 16.0 Å². The number of carbonyl (C=O) groups excluding carboxylic acids is 1. The van der Waals surface area contributed by atoms with E-state index in [4.69, 9.17) is 4.98 Å². The molecule has 0 atom stereocenters. The van der Waals surface area contributed by atoms with Crippen molar-refractivity contribution in [3.8, 4) is 0 Å². The Balaban J connectivity index is 1.70. The topological polar surface area (TPSA) is 78.9 Å². The second-order valence-corrected chi connectivity index (χ2v) is 8.11. The van der Waals surface area contributed by atoms with E-state index in [1.54, 1.807) is 6.07 Å². The van der Waals surface area contributed by atoms with E-state index in [9.17, 15) is 4.79 Å². The second-order valence-electron chi connectivity index (χ2n) is 8.11. The Morgan fingerprint density at radius 2 is 1.27 bits per heavy atom. The maximum absolute atomic E-state index is 13.0. The Labute approximate surface area is 194 Å². The minimum Gasteiger partial charge on any atom is -0.338 e. The van der Waals surface area contributed by atoms with Crippen LogP contribution in [0.15, 0.2) is 72.8 Å². The molecule has 4 rings (SSSR count). The number of rotatable bonds is 6. The molecule has 0 fully saturated rings. The summed E-state index contributed by atoms with van der Waals surface area (Å²) < 4.78 is 0. The predicted molar refractivity (Wildman–Crippen MR) is 135 cm³/mol. The van der Waals surface area contributed by atoms with Crippen LogP contribution in [0.25, 0.3) is 0 Å². The van der Waals surface area contributed by atoms with Crippen molar-refractivity contribution in [1.82, 2.24) is 9.97 Å². The van der Waals surface area contributed by atoms with Crippen molar-refractivity contribution in [3.05, 3.63) is 101 Å². The highest BCUT2D eigenvalue weighted by Gasteiger charge is 2.17. The highest BCUT2D eigenvalue weighted by atomic mass is 16.1. The molecule has 3 N–H and O–H groups in total. The summed E-state index contributed by atoms with van der Waals surface area (Å²) in [6.07, 6.45) is 0. The monoisotopic (exact) mass is 437 g/mol. The summed E-state index contributed by atoms with van der Waals surface area (Å²) in [5, 5.41) is 9.61. The number of hydrogen-bond donors (Lipinski definition) is 3. The van der Waals surface area contributed by atoms with Crippen LogP contribution in [0.2, 0.25) is 0 Å². The van der Waals surface area contributed by atoms with E-state index in [2.05, 4.69) is 20.9 Å². The van der Waals surface area contributed by atoms with Crippen molar-refractivity contribution < 1.29 is 4.79 Å². The van der Waals surface area contributed by atoms with Crippen molar-refractivity contribution in [2.24, 2.45) is 0 Å². The van der Waals surface area contributed by atoms with Crippen LogP contribution >= 0.6 is 0 Å². The summed E-state index contributed by atoms with van der Waals surface area (Å²) >= 11 is 0. The first-order valence-corrected chi connectivity index (χ1v) is 10.8. The van der Waals surface area contributed by atoms with Gasteiger partial charge in [0.15, 0.2) is 5.82 Å². The van der Waals surface area contributed by atoms with Crippen molar-refractivity contribution >= 4 is 34.7 Å². The molecule has 0 spiro atoms. The third kappa shape index (κ3) is 5.36. The summed E-state index contributed by atoms with van der Waals surface area (Å²) in [6.45, 7) is 7.85. The fraction of sp³-hybridized carbons (Fsp3) is 0.148. The van der Waals surface area contributed by atoms with Crippen LogP contribution in [0, 0.1) is 27.7 Å². The summed E-state index contributed by atoms with van der Waals surface area (Å²) in [6, 6.07) is 23.5. The largest absolute Gasteiger partial charge is 0.338 e. The highest BCUT2D eigenvalue weighted by molar-refractivity contribution is 6.07. The molecule has 0 bridgehead atoms. The summed E-state index contributed by atoms with van der Waals surface area (Å²) in [4.78, 5) is 22.3. The van der Waals surface area contributed by atoms with Crippen LogP contribution in [0.5, 0.6) is 0 Å². The molecular formula is C27H27N5O. The second kappa shape index (κ2) is 9.53. The molecule has 0 aliphatic rings. The zero-order valence-corrected chi connectivity index (χ0v) is 19.2. The molecule has 0 aliphatic heterocycles. The van der Waals surface area contributed by atoms with E-state index in [1.165, 1.54) is 5.56 Å². The minimum atomic E-state index is -0.203. The Hall–Kier alpha value is -4.19. The number of amides is 1. The molecule has 4 aromatic rings. The van der Waals surface area contributed by atoms with E-state index in [0.29, 0.717) is 28.7 Å². The first kappa shape index (κ1) is 22.0. The SMILES string of the molecule is Cc1ccc(Nc2nc(C)c(NC(=O)c3ccccc3C)c(Nc3ccc(C)cc3)n2)cc1. The molecule has 0 saturated heterocycles. The van der Waals surface area contributed by atoms with Gasteiger partial charge in [-0.1, -0.05) is 53.6 Å². The maximum atomic E-state index is 13.0. The zero-order chi connectivity index (χ0) is 23.4. The number of aromatic nitrogens is 2. The summed E-state index contributed by atoms with van der Waals surface area (Å²) in [7, 11) is 0. The van der Waals surface area contributed by atoms with Crippen LogP contribution in [0.4, 0.5) is 28.8 Å². The van der Waals surface area contributed by atoms with Gasteiger partial charge in [0, 0.05) is 16.9 Å². The Morgan fingerprint density at radius 1 is 0.697 bits per heavy atom. The lowest BCUT2D eigenvalue weighted by Crippen LogP contribution is -2.17. The molecule has 0 unspecified atom stereocenters. The number of nitrogens with zero attached hydrogens (tertiary/aromatic N) is 2. The van der Waals surface area contributed by atoms with Crippen LogP contribution in [-0.2, 0) is 0 Å². The maximum Gasteiger partial charge on any atom is 0.256 e. The van der Waals surface area contributed by atoms with Gasteiger partial charge in [0.2, 0.25) is 5.95 Å². The molecule has 6 heteroatoms. The van der Waals surface area contributed by atoms with E-state index in [0.717, 1.165) is 22.5 Å². The van der Waals surface area contributed by atoms with Crippen molar-refractivity contribution in [2.45, 2.75) is 27.7 Å². The van der Waals surface area contributed by atoms with Gasteiger partial charge >= 0.3 is 0 Å². The number of benzene rings is 3. The standard InChI is InChI=1S/C27H27N5O/c1-17-9-13-21(14-10-17)29-25-24(31-26(33)23-8-6-5-7-19(23)3)20(4)28-27(32-25)30-22-15-11-18(2)12-16-22/h5-16H,1-4H3,(H,31,33)(H2,28,29,30,32). The number of aryl methyl sites for hydroxylation is 4. The molecule has 166 valence electrons. The van der Waals surface area contributed by atoms with Crippen LogP contribution in [0.1, 0.15) is 32.7 Å². The van der Waals surface area contributed by atoms with Crippen molar-refractivity contribution in [3.63, 3.8) is 0 Å². The Bertz CT molecular complexity index is 1280. The molecule has 0 radical (unpaired) electrons. The number of carbonyl (C=O) groups is 1. The fourth-order valence-corrected chi connectivity index (χ4v) is 3.42. The van der Waals surface area contributed by atoms with Gasteiger partial charge in [-0.25, -0.2) is 4.98 Å². The minimum absolute atomic E-state index is 0.203. The highest BCUT2D eigenvalue weighted by Crippen LogP contribution is 2.29. The average Bonchev–Trinajstić information content (AvgIpc) is 2.79. The molecule has 0 saturated carbocycles. The third-order valence-electron chi connectivity index (χ3n) is 5.34. The lowest BCUT2D eigenvalue weighted by Gasteiger charge is -2.17. The zero-order valence-electron chi connectivity index (χ0n) is 19.2. The molecule has 1 heterocycles. The van der Waals surface area contributed by atoms with Gasteiger partial charge in [0.05, 0.1) is 5.69 Å². The Kier molecular flexibility index (Phi) is 6.36. The molecule has 1 amide bonds. The Morgan fingerprint density at radius 3 is 1.88 bits per heavy atom. The first-order chi connectivity index (χ1) is 15.9. The molecule has 1 aromatic heterocycles. The molecule has 0 aliphatic carbocycles. The van der Waals surface area contributed by atoms with Gasteiger partial charge in [-0.05, 0) is 63.6 Å². The van der Waals surface area contributed by atoms with Gasteiger partial charge in [-0.3, -0.25) is 4.79 Å². The summed E-state index contributed by atoms with van der Waals surface area (Å²) in [5.74, 6) is 0.758. The van der Waals surface area contributed by atoms with Gasteiger partial charge in [0.1, 0.15) is 5.69 Å². The molecule has 3 aromatic carbocycles. The number of anilines is 5. The number of hydrogen-bond acceptors (Lipinski definition) is 5. The normalized spacial score (nSPS) is 10.5. The van der Waals surface area contributed by atoms with Crippen LogP contribution in [0.3, 0.4) is 0 Å².